The van der Waals surface area contributed by atoms with Gasteiger partial charge in [-0.05, 0) is 31.0 Å². The number of hydrogen-bond donors (Lipinski definition) is 1. The molecular weight excluding hydrogens is 230 g/mol. The Labute approximate surface area is 108 Å². The van der Waals surface area contributed by atoms with Gasteiger partial charge >= 0.3 is 0 Å². The molecule has 0 spiro atoms. The van der Waals surface area contributed by atoms with Gasteiger partial charge in [0.05, 0.1) is 14.2 Å². The first kappa shape index (κ1) is 14.4. The summed E-state index contributed by atoms with van der Waals surface area (Å²) in [7, 11) is 3.12. The maximum absolute atomic E-state index is 12.0. The molecule has 0 saturated heterocycles. The second-order valence-corrected chi connectivity index (χ2v) is 4.58. The van der Waals surface area contributed by atoms with Crippen LogP contribution in [0.1, 0.15) is 31.1 Å². The monoisotopic (exact) mass is 251 g/mol. The molecule has 0 aliphatic rings. The molecule has 0 radical (unpaired) electrons. The van der Waals surface area contributed by atoms with Crippen molar-refractivity contribution in [3.8, 4) is 11.5 Å². The predicted octanol–water partition coefficient (Wildman–Crippen LogP) is 2.48. The van der Waals surface area contributed by atoms with Gasteiger partial charge in [0.2, 0.25) is 0 Å². The van der Waals surface area contributed by atoms with Crippen molar-refractivity contribution in [2.24, 2.45) is 5.92 Å². The Morgan fingerprint density at radius 1 is 1.11 bits per heavy atom. The van der Waals surface area contributed by atoms with Crippen LogP contribution in [0.4, 0.5) is 0 Å². The van der Waals surface area contributed by atoms with Crippen LogP contribution in [0, 0.1) is 5.92 Å². The smallest absolute Gasteiger partial charge is 0.251 e. The fraction of sp³-hybridized carbons (Fsp3) is 0.500. The van der Waals surface area contributed by atoms with E-state index in [2.05, 4.69) is 19.2 Å². The van der Waals surface area contributed by atoms with Gasteiger partial charge in [0.25, 0.3) is 5.91 Å². The van der Waals surface area contributed by atoms with Gasteiger partial charge < -0.3 is 14.8 Å². The van der Waals surface area contributed by atoms with E-state index >= 15 is 0 Å². The maximum atomic E-state index is 12.0. The van der Waals surface area contributed by atoms with Crippen molar-refractivity contribution in [3.63, 3.8) is 0 Å². The van der Waals surface area contributed by atoms with Crippen molar-refractivity contribution < 1.29 is 14.3 Å². The number of carbonyl (C=O) groups excluding carboxylic acids is 1. The van der Waals surface area contributed by atoms with Gasteiger partial charge in [0.15, 0.2) is 11.5 Å². The SMILES string of the molecule is COc1ccc(C(=O)NC(C)C(C)C)cc1OC. The molecular formula is C14H21NO3. The van der Waals surface area contributed by atoms with Crippen LogP contribution in [-0.4, -0.2) is 26.2 Å². The van der Waals surface area contributed by atoms with Crippen LogP contribution in [0.5, 0.6) is 11.5 Å². The summed E-state index contributed by atoms with van der Waals surface area (Å²) in [6.45, 7) is 6.13. The van der Waals surface area contributed by atoms with Crippen molar-refractivity contribution in [3.05, 3.63) is 23.8 Å². The van der Waals surface area contributed by atoms with Crippen LogP contribution in [0.3, 0.4) is 0 Å². The lowest BCUT2D eigenvalue weighted by atomic mass is 10.1. The molecule has 0 saturated carbocycles. The first-order valence-electron chi connectivity index (χ1n) is 6.02. The van der Waals surface area contributed by atoms with Gasteiger partial charge in [0, 0.05) is 11.6 Å². The summed E-state index contributed by atoms with van der Waals surface area (Å²) >= 11 is 0. The van der Waals surface area contributed by atoms with Gasteiger partial charge in [-0.15, -0.1) is 0 Å². The largest absolute Gasteiger partial charge is 0.493 e. The van der Waals surface area contributed by atoms with E-state index in [1.165, 1.54) is 0 Å². The molecule has 1 unspecified atom stereocenters. The second-order valence-electron chi connectivity index (χ2n) is 4.58. The molecule has 1 N–H and O–H groups in total. The second kappa shape index (κ2) is 6.28. The van der Waals surface area contributed by atoms with Crippen LogP contribution in [0.15, 0.2) is 18.2 Å². The van der Waals surface area contributed by atoms with Crippen LogP contribution in [0.25, 0.3) is 0 Å². The zero-order valence-corrected chi connectivity index (χ0v) is 11.6. The molecule has 0 heterocycles. The summed E-state index contributed by atoms with van der Waals surface area (Å²) in [5.41, 5.74) is 0.570. The molecule has 100 valence electrons. The zero-order valence-electron chi connectivity index (χ0n) is 11.6. The Kier molecular flexibility index (Phi) is 5.01. The summed E-state index contributed by atoms with van der Waals surface area (Å²) in [5, 5.41) is 2.95. The van der Waals surface area contributed by atoms with E-state index in [0.717, 1.165) is 0 Å². The molecule has 1 atom stereocenters. The van der Waals surface area contributed by atoms with Gasteiger partial charge in [-0.1, -0.05) is 13.8 Å². The molecule has 18 heavy (non-hydrogen) atoms. The number of methoxy groups -OCH3 is 2. The molecule has 0 fully saturated rings. The third-order valence-electron chi connectivity index (χ3n) is 3.00. The van der Waals surface area contributed by atoms with Crippen molar-refractivity contribution in [1.29, 1.82) is 0 Å². The summed E-state index contributed by atoms with van der Waals surface area (Å²) in [5.74, 6) is 1.47. The molecule has 1 amide bonds. The lowest BCUT2D eigenvalue weighted by Gasteiger charge is -2.18. The lowest BCUT2D eigenvalue weighted by Crippen LogP contribution is -2.36. The number of benzene rings is 1. The highest BCUT2D eigenvalue weighted by atomic mass is 16.5. The highest BCUT2D eigenvalue weighted by Gasteiger charge is 2.14. The van der Waals surface area contributed by atoms with Gasteiger partial charge in [-0.3, -0.25) is 4.79 Å². The van der Waals surface area contributed by atoms with E-state index in [1.807, 2.05) is 6.92 Å². The molecule has 1 aromatic rings. The molecule has 4 heteroatoms. The average molecular weight is 251 g/mol. The maximum Gasteiger partial charge on any atom is 0.251 e. The van der Waals surface area contributed by atoms with Crippen molar-refractivity contribution in [2.45, 2.75) is 26.8 Å². The fourth-order valence-corrected chi connectivity index (χ4v) is 1.43. The first-order valence-corrected chi connectivity index (χ1v) is 6.02. The highest BCUT2D eigenvalue weighted by Crippen LogP contribution is 2.27. The average Bonchev–Trinajstić information content (AvgIpc) is 2.37. The molecule has 1 aromatic carbocycles. The topological polar surface area (TPSA) is 47.6 Å². The van der Waals surface area contributed by atoms with E-state index in [-0.39, 0.29) is 11.9 Å². The fourth-order valence-electron chi connectivity index (χ4n) is 1.43. The van der Waals surface area contributed by atoms with E-state index in [1.54, 1.807) is 32.4 Å². The lowest BCUT2D eigenvalue weighted by molar-refractivity contribution is 0.0930. The molecule has 4 nitrogen and oxygen atoms in total. The van der Waals surface area contributed by atoms with Crippen LogP contribution < -0.4 is 14.8 Å². The van der Waals surface area contributed by atoms with E-state index < -0.39 is 0 Å². The number of hydrogen-bond acceptors (Lipinski definition) is 3. The minimum atomic E-state index is -0.0999. The van der Waals surface area contributed by atoms with Crippen molar-refractivity contribution >= 4 is 5.91 Å². The third kappa shape index (κ3) is 3.39. The standard InChI is InChI=1S/C14H21NO3/c1-9(2)10(3)15-14(16)11-6-7-12(17-4)13(8-11)18-5/h6-10H,1-5H3,(H,15,16). The zero-order chi connectivity index (χ0) is 13.7. The van der Waals surface area contributed by atoms with E-state index in [4.69, 9.17) is 9.47 Å². The molecule has 1 rings (SSSR count). The molecule has 0 aliphatic heterocycles. The Balaban J connectivity index is 2.87. The minimum absolute atomic E-state index is 0.0999. The number of ether oxygens (including phenoxy) is 2. The Hall–Kier alpha value is -1.71. The van der Waals surface area contributed by atoms with Crippen molar-refractivity contribution in [1.82, 2.24) is 5.32 Å². The Morgan fingerprint density at radius 2 is 1.72 bits per heavy atom. The van der Waals surface area contributed by atoms with Gasteiger partial charge in [0.1, 0.15) is 0 Å². The number of rotatable bonds is 5. The highest BCUT2D eigenvalue weighted by molar-refractivity contribution is 5.95. The Morgan fingerprint density at radius 3 is 2.22 bits per heavy atom. The van der Waals surface area contributed by atoms with Gasteiger partial charge in [-0.25, -0.2) is 0 Å². The van der Waals surface area contributed by atoms with Crippen molar-refractivity contribution in [2.75, 3.05) is 14.2 Å². The van der Waals surface area contributed by atoms with E-state index in [9.17, 15) is 4.79 Å². The number of nitrogens with one attached hydrogen (secondary N) is 1. The van der Waals surface area contributed by atoms with Crippen LogP contribution >= 0.6 is 0 Å². The van der Waals surface area contributed by atoms with Gasteiger partial charge in [-0.2, -0.15) is 0 Å². The van der Waals surface area contributed by atoms with E-state index in [0.29, 0.717) is 23.0 Å². The quantitative estimate of drug-likeness (QED) is 0.874. The normalized spacial score (nSPS) is 12.1. The predicted molar refractivity (Wildman–Crippen MR) is 71.3 cm³/mol. The molecule has 0 aromatic heterocycles. The van der Waals surface area contributed by atoms with Crippen LogP contribution in [0.2, 0.25) is 0 Å². The summed E-state index contributed by atoms with van der Waals surface area (Å²) in [6, 6.07) is 5.27. The number of carbonyl (C=O) groups is 1. The summed E-state index contributed by atoms with van der Waals surface area (Å²) < 4.78 is 10.3. The van der Waals surface area contributed by atoms with Crippen LogP contribution in [-0.2, 0) is 0 Å². The number of amides is 1. The third-order valence-corrected chi connectivity index (χ3v) is 3.00. The minimum Gasteiger partial charge on any atom is -0.493 e. The summed E-state index contributed by atoms with van der Waals surface area (Å²) in [6.07, 6.45) is 0. The molecule has 0 bridgehead atoms. The molecule has 0 aliphatic carbocycles. The Bertz CT molecular complexity index is 416. The first-order chi connectivity index (χ1) is 8.49. The summed E-state index contributed by atoms with van der Waals surface area (Å²) in [4.78, 5) is 12.0.